The number of aromatic nitrogens is 2. The Morgan fingerprint density at radius 2 is 1.86 bits per heavy atom. The van der Waals surface area contributed by atoms with Crippen molar-refractivity contribution in [2.24, 2.45) is 0 Å². The van der Waals surface area contributed by atoms with Crippen molar-refractivity contribution >= 4 is 11.7 Å². The first kappa shape index (κ1) is 19.0. The molecule has 0 fully saturated rings. The van der Waals surface area contributed by atoms with E-state index in [0.717, 1.165) is 5.56 Å². The third kappa shape index (κ3) is 3.66. The van der Waals surface area contributed by atoms with E-state index >= 15 is 0 Å². The fourth-order valence-corrected chi connectivity index (χ4v) is 2.76. The van der Waals surface area contributed by atoms with Crippen molar-refractivity contribution in [3.63, 3.8) is 0 Å². The fourth-order valence-electron chi connectivity index (χ4n) is 2.76. The number of ether oxygens (including phenoxy) is 1. The second-order valence-corrected chi connectivity index (χ2v) is 5.90. The molecular formula is C20H17N3O5. The molecule has 1 aromatic heterocycles. The van der Waals surface area contributed by atoms with Crippen molar-refractivity contribution < 1.29 is 19.6 Å². The Bertz CT molecular complexity index is 1050. The molecule has 0 atom stereocenters. The van der Waals surface area contributed by atoms with Gasteiger partial charge in [-0.1, -0.05) is 30.3 Å². The van der Waals surface area contributed by atoms with Crippen LogP contribution in [0.25, 0.3) is 22.6 Å². The largest absolute Gasteiger partial charge is 0.502 e. The Morgan fingerprint density at radius 3 is 2.50 bits per heavy atom. The van der Waals surface area contributed by atoms with Gasteiger partial charge in [0.2, 0.25) is 0 Å². The van der Waals surface area contributed by atoms with Crippen molar-refractivity contribution in [3.05, 3.63) is 69.9 Å². The summed E-state index contributed by atoms with van der Waals surface area (Å²) in [5.74, 6) is -0.720. The first-order valence-corrected chi connectivity index (χ1v) is 8.51. The van der Waals surface area contributed by atoms with Crippen LogP contribution in [0.4, 0.5) is 5.69 Å². The number of hydrogen-bond acceptors (Lipinski definition) is 7. The summed E-state index contributed by atoms with van der Waals surface area (Å²) < 4.78 is 5.12. The van der Waals surface area contributed by atoms with Crippen LogP contribution in [0.5, 0.6) is 5.75 Å². The van der Waals surface area contributed by atoms with Gasteiger partial charge in [-0.3, -0.25) is 10.1 Å². The maximum Gasteiger partial charge on any atom is 0.342 e. The molecule has 0 saturated heterocycles. The number of benzene rings is 2. The number of nitro groups is 1. The topological polar surface area (TPSA) is 115 Å². The van der Waals surface area contributed by atoms with E-state index in [1.54, 1.807) is 13.8 Å². The number of esters is 1. The summed E-state index contributed by atoms with van der Waals surface area (Å²) in [6, 6.07) is 13.0. The number of phenols is 1. The summed E-state index contributed by atoms with van der Waals surface area (Å²) >= 11 is 0. The Balaban J connectivity index is 2.27. The van der Waals surface area contributed by atoms with Gasteiger partial charge in [-0.05, 0) is 26.0 Å². The molecule has 28 heavy (non-hydrogen) atoms. The number of carbonyl (C=O) groups excluding carboxylic acids is 1. The summed E-state index contributed by atoms with van der Waals surface area (Å²) in [6.07, 6.45) is 0. The molecule has 1 N–H and O–H groups in total. The second-order valence-electron chi connectivity index (χ2n) is 5.90. The lowest BCUT2D eigenvalue weighted by Crippen LogP contribution is -2.12. The maximum absolute atomic E-state index is 12.5. The van der Waals surface area contributed by atoms with Crippen molar-refractivity contribution in [1.29, 1.82) is 0 Å². The first-order chi connectivity index (χ1) is 13.4. The van der Waals surface area contributed by atoms with Crippen molar-refractivity contribution in [3.8, 4) is 28.4 Å². The summed E-state index contributed by atoms with van der Waals surface area (Å²) in [6.45, 7) is 3.49. The summed E-state index contributed by atoms with van der Waals surface area (Å²) in [5.41, 5.74) is 1.27. The standard InChI is InChI=1S/C20H17N3O5/c1-3-28-20(25)17-12(2)21-19(13-7-5-4-6-8-13)22-18(17)14-9-10-16(24)15(11-14)23(26)27/h4-11,24H,3H2,1-2H3. The van der Waals surface area contributed by atoms with Crippen LogP contribution in [-0.4, -0.2) is 32.6 Å². The quantitative estimate of drug-likeness (QED) is 0.406. The van der Waals surface area contributed by atoms with E-state index in [4.69, 9.17) is 4.74 Å². The zero-order valence-corrected chi connectivity index (χ0v) is 15.2. The van der Waals surface area contributed by atoms with Gasteiger partial charge in [0.1, 0.15) is 5.56 Å². The second kappa shape index (κ2) is 7.83. The van der Waals surface area contributed by atoms with E-state index < -0.39 is 22.3 Å². The number of carbonyl (C=O) groups is 1. The molecule has 0 aliphatic rings. The Kier molecular flexibility index (Phi) is 5.30. The number of aryl methyl sites for hydroxylation is 1. The Labute approximate surface area is 160 Å². The molecule has 8 nitrogen and oxygen atoms in total. The smallest absolute Gasteiger partial charge is 0.342 e. The Morgan fingerprint density at radius 1 is 1.14 bits per heavy atom. The van der Waals surface area contributed by atoms with Crippen LogP contribution < -0.4 is 0 Å². The predicted octanol–water partition coefficient (Wildman–Crippen LogP) is 3.91. The van der Waals surface area contributed by atoms with E-state index in [0.29, 0.717) is 17.1 Å². The number of phenolic OH excluding ortho intramolecular Hbond substituents is 1. The molecular weight excluding hydrogens is 362 g/mol. The molecule has 0 spiro atoms. The monoisotopic (exact) mass is 379 g/mol. The lowest BCUT2D eigenvalue weighted by atomic mass is 10.0. The Hall–Kier alpha value is -3.81. The van der Waals surface area contributed by atoms with Gasteiger partial charge in [0.15, 0.2) is 11.6 Å². The molecule has 2 aromatic carbocycles. The number of nitro benzene ring substituents is 1. The van der Waals surface area contributed by atoms with Crippen LogP contribution in [0.1, 0.15) is 23.0 Å². The van der Waals surface area contributed by atoms with Crippen LogP contribution in [-0.2, 0) is 4.74 Å². The average Bonchev–Trinajstić information content (AvgIpc) is 2.68. The molecule has 0 radical (unpaired) electrons. The summed E-state index contributed by atoms with van der Waals surface area (Å²) in [7, 11) is 0. The number of hydrogen-bond donors (Lipinski definition) is 1. The van der Waals surface area contributed by atoms with Crippen LogP contribution in [0.15, 0.2) is 48.5 Å². The number of nitrogens with zero attached hydrogens (tertiary/aromatic N) is 3. The number of rotatable bonds is 5. The SMILES string of the molecule is CCOC(=O)c1c(C)nc(-c2ccccc2)nc1-c1ccc(O)c([N+](=O)[O-])c1. The third-order valence-corrected chi connectivity index (χ3v) is 4.05. The fraction of sp³-hybridized carbons (Fsp3) is 0.150. The van der Waals surface area contributed by atoms with Gasteiger partial charge in [-0.15, -0.1) is 0 Å². The highest BCUT2D eigenvalue weighted by Crippen LogP contribution is 2.34. The zero-order chi connectivity index (χ0) is 20.3. The molecule has 0 aliphatic carbocycles. The molecule has 0 bridgehead atoms. The zero-order valence-electron chi connectivity index (χ0n) is 15.2. The van der Waals surface area contributed by atoms with Gasteiger partial charge >= 0.3 is 11.7 Å². The van der Waals surface area contributed by atoms with Crippen LogP contribution in [0.3, 0.4) is 0 Å². The molecule has 142 valence electrons. The van der Waals surface area contributed by atoms with Gasteiger partial charge < -0.3 is 9.84 Å². The van der Waals surface area contributed by atoms with Crippen molar-refractivity contribution in [2.75, 3.05) is 6.61 Å². The molecule has 0 saturated carbocycles. The highest BCUT2D eigenvalue weighted by molar-refractivity contribution is 5.97. The van der Waals surface area contributed by atoms with Crippen molar-refractivity contribution in [1.82, 2.24) is 9.97 Å². The molecule has 0 unspecified atom stereocenters. The summed E-state index contributed by atoms with van der Waals surface area (Å²) in [4.78, 5) is 31.9. The minimum Gasteiger partial charge on any atom is -0.502 e. The van der Waals surface area contributed by atoms with Crippen LogP contribution in [0, 0.1) is 17.0 Å². The van der Waals surface area contributed by atoms with E-state index in [2.05, 4.69) is 9.97 Å². The molecule has 0 aliphatic heterocycles. The lowest BCUT2D eigenvalue weighted by Gasteiger charge is -2.13. The highest BCUT2D eigenvalue weighted by Gasteiger charge is 2.24. The minimum absolute atomic E-state index is 0.126. The van der Waals surface area contributed by atoms with Gasteiger partial charge in [-0.2, -0.15) is 0 Å². The molecule has 8 heteroatoms. The van der Waals surface area contributed by atoms with Gasteiger partial charge in [-0.25, -0.2) is 14.8 Å². The maximum atomic E-state index is 12.5. The van der Waals surface area contributed by atoms with Crippen LogP contribution >= 0.6 is 0 Å². The van der Waals surface area contributed by atoms with E-state index in [1.807, 2.05) is 30.3 Å². The molecule has 0 amide bonds. The number of aromatic hydroxyl groups is 1. The van der Waals surface area contributed by atoms with E-state index in [9.17, 15) is 20.0 Å². The summed E-state index contributed by atoms with van der Waals surface area (Å²) in [5, 5.41) is 20.9. The van der Waals surface area contributed by atoms with Crippen LogP contribution in [0.2, 0.25) is 0 Å². The predicted molar refractivity (Wildman–Crippen MR) is 102 cm³/mol. The van der Waals surface area contributed by atoms with Gasteiger partial charge in [0.25, 0.3) is 0 Å². The van der Waals surface area contributed by atoms with E-state index in [-0.39, 0.29) is 17.9 Å². The lowest BCUT2D eigenvalue weighted by molar-refractivity contribution is -0.385. The normalized spacial score (nSPS) is 10.5. The van der Waals surface area contributed by atoms with Gasteiger partial charge in [0.05, 0.1) is 22.9 Å². The first-order valence-electron chi connectivity index (χ1n) is 8.51. The molecule has 3 aromatic rings. The minimum atomic E-state index is -0.699. The molecule has 3 rings (SSSR count). The average molecular weight is 379 g/mol. The van der Waals surface area contributed by atoms with E-state index in [1.165, 1.54) is 18.2 Å². The van der Waals surface area contributed by atoms with Gasteiger partial charge in [0, 0.05) is 17.2 Å². The molecule has 1 heterocycles. The highest BCUT2D eigenvalue weighted by atomic mass is 16.6. The third-order valence-electron chi connectivity index (χ3n) is 4.05. The van der Waals surface area contributed by atoms with Crippen molar-refractivity contribution in [2.45, 2.75) is 13.8 Å².